The largest absolute Gasteiger partial charge is 0.452 e. The van der Waals surface area contributed by atoms with Gasteiger partial charge in [0.1, 0.15) is 11.6 Å². The number of furan rings is 1. The first-order chi connectivity index (χ1) is 13.3. The van der Waals surface area contributed by atoms with Crippen LogP contribution in [0.3, 0.4) is 0 Å². The van der Waals surface area contributed by atoms with Crippen LogP contribution in [0.4, 0.5) is 4.39 Å². The van der Waals surface area contributed by atoms with Crippen LogP contribution in [0.25, 0.3) is 11.1 Å². The van der Waals surface area contributed by atoms with E-state index in [2.05, 4.69) is 0 Å². The first-order valence-electron chi connectivity index (χ1n) is 9.17. The van der Waals surface area contributed by atoms with Crippen molar-refractivity contribution in [2.24, 2.45) is 5.41 Å². The molecule has 0 N–H and O–H groups in total. The molecule has 6 heteroatoms. The van der Waals surface area contributed by atoms with Gasteiger partial charge in [-0.15, -0.1) is 0 Å². The maximum atomic E-state index is 13.4. The molecular weight excluding hydrogens is 378 g/mol. The van der Waals surface area contributed by atoms with Gasteiger partial charge in [-0.25, -0.2) is 4.39 Å². The van der Waals surface area contributed by atoms with Gasteiger partial charge >= 0.3 is 7.60 Å². The molecule has 1 aliphatic heterocycles. The molecule has 0 aliphatic carbocycles. The molecule has 0 radical (unpaired) electrons. The predicted molar refractivity (Wildman–Crippen MR) is 106 cm³/mol. The van der Waals surface area contributed by atoms with Crippen LogP contribution in [-0.2, 0) is 20.0 Å². The van der Waals surface area contributed by atoms with Gasteiger partial charge in [0.15, 0.2) is 0 Å². The minimum atomic E-state index is -3.53. The lowest BCUT2D eigenvalue weighted by Crippen LogP contribution is -2.31. The molecule has 1 fully saturated rings. The Morgan fingerprint density at radius 1 is 1.00 bits per heavy atom. The summed E-state index contributed by atoms with van der Waals surface area (Å²) in [5, 5.41) is 0. The number of hydrogen-bond donors (Lipinski definition) is 0. The van der Waals surface area contributed by atoms with Crippen LogP contribution in [0.1, 0.15) is 25.2 Å². The Morgan fingerprint density at radius 2 is 1.64 bits per heavy atom. The third-order valence-corrected chi connectivity index (χ3v) is 6.38. The molecule has 0 bridgehead atoms. The molecule has 1 aliphatic rings. The summed E-state index contributed by atoms with van der Waals surface area (Å²) < 4.78 is 43.8. The van der Waals surface area contributed by atoms with Gasteiger partial charge in [0.25, 0.3) is 0 Å². The van der Waals surface area contributed by atoms with Crippen molar-refractivity contribution in [3.8, 4) is 11.1 Å². The van der Waals surface area contributed by atoms with E-state index in [9.17, 15) is 8.96 Å². The molecular formula is C22H22FO4P. The third-order valence-electron chi connectivity index (χ3n) is 4.68. The highest BCUT2D eigenvalue weighted by atomic mass is 31.2. The Bertz CT molecular complexity index is 995. The number of rotatable bonds is 4. The summed E-state index contributed by atoms with van der Waals surface area (Å²) in [5.41, 5.74) is 2.58. The molecule has 1 aromatic heterocycles. The van der Waals surface area contributed by atoms with E-state index in [4.69, 9.17) is 13.5 Å². The van der Waals surface area contributed by atoms with E-state index in [0.717, 1.165) is 16.7 Å². The Labute approximate surface area is 163 Å². The van der Waals surface area contributed by atoms with E-state index in [1.165, 1.54) is 12.1 Å². The van der Waals surface area contributed by atoms with Crippen LogP contribution in [-0.4, -0.2) is 13.2 Å². The SMILES string of the molecule is CC1(C)COP(=O)(c2cc(-c3ccc(F)cc3)c(Cc3ccccc3)o2)OC1. The zero-order chi connectivity index (χ0) is 19.8. The van der Waals surface area contributed by atoms with Crippen LogP contribution >= 0.6 is 7.60 Å². The van der Waals surface area contributed by atoms with E-state index in [0.29, 0.717) is 25.4 Å². The zero-order valence-electron chi connectivity index (χ0n) is 15.9. The Balaban J connectivity index is 1.74. The van der Waals surface area contributed by atoms with E-state index in [1.807, 2.05) is 44.2 Å². The lowest BCUT2D eigenvalue weighted by Gasteiger charge is -2.32. The van der Waals surface area contributed by atoms with Gasteiger partial charge in [0, 0.05) is 23.5 Å². The second kappa shape index (κ2) is 7.32. The van der Waals surface area contributed by atoms with Gasteiger partial charge in [-0.1, -0.05) is 56.3 Å². The fraction of sp³-hybridized carbons (Fsp3) is 0.273. The maximum absolute atomic E-state index is 13.4. The van der Waals surface area contributed by atoms with E-state index in [1.54, 1.807) is 18.2 Å². The summed E-state index contributed by atoms with van der Waals surface area (Å²) in [6.07, 6.45) is 0.513. The topological polar surface area (TPSA) is 48.7 Å². The van der Waals surface area contributed by atoms with Gasteiger partial charge in [-0.2, -0.15) is 0 Å². The molecule has 0 atom stereocenters. The highest BCUT2D eigenvalue weighted by molar-refractivity contribution is 7.61. The third kappa shape index (κ3) is 3.97. The second-order valence-corrected chi connectivity index (χ2v) is 9.75. The van der Waals surface area contributed by atoms with Crippen molar-refractivity contribution in [3.05, 3.63) is 77.8 Å². The Hall–Kier alpha value is -2.20. The average molecular weight is 400 g/mol. The number of hydrogen-bond acceptors (Lipinski definition) is 4. The van der Waals surface area contributed by atoms with E-state index < -0.39 is 7.60 Å². The van der Waals surface area contributed by atoms with Gasteiger partial charge in [-0.3, -0.25) is 4.57 Å². The summed E-state index contributed by atoms with van der Waals surface area (Å²) in [4.78, 5) is 0. The standard InChI is InChI=1S/C22H22FO4P/c1-22(2)14-25-28(24,26-15-22)21-13-19(17-8-10-18(23)11-9-17)20(27-21)12-16-6-4-3-5-7-16/h3-11,13H,12,14-15H2,1-2H3. The molecule has 2 aromatic carbocycles. The molecule has 0 amide bonds. The molecule has 146 valence electrons. The van der Waals surface area contributed by atoms with Crippen LogP contribution in [0.15, 0.2) is 65.1 Å². The molecule has 3 aromatic rings. The van der Waals surface area contributed by atoms with Gasteiger partial charge in [0.05, 0.1) is 13.2 Å². The summed E-state index contributed by atoms with van der Waals surface area (Å²) in [6.45, 7) is 4.63. The van der Waals surface area contributed by atoms with Crippen LogP contribution in [0.2, 0.25) is 0 Å². The quantitative estimate of drug-likeness (QED) is 0.538. The summed E-state index contributed by atoms with van der Waals surface area (Å²) >= 11 is 0. The normalized spacial score (nSPS) is 18.1. The fourth-order valence-corrected chi connectivity index (χ4v) is 4.94. The van der Waals surface area contributed by atoms with Crippen molar-refractivity contribution in [2.75, 3.05) is 13.2 Å². The average Bonchev–Trinajstić information content (AvgIpc) is 3.10. The highest BCUT2D eigenvalue weighted by Gasteiger charge is 2.41. The lowest BCUT2D eigenvalue weighted by molar-refractivity contribution is 0.0447. The molecule has 4 rings (SSSR count). The van der Waals surface area contributed by atoms with Crippen LogP contribution < -0.4 is 5.50 Å². The highest BCUT2D eigenvalue weighted by Crippen LogP contribution is 2.53. The lowest BCUT2D eigenvalue weighted by atomic mass is 9.97. The molecule has 28 heavy (non-hydrogen) atoms. The minimum Gasteiger partial charge on any atom is -0.452 e. The van der Waals surface area contributed by atoms with Crippen molar-refractivity contribution < 1.29 is 22.4 Å². The van der Waals surface area contributed by atoms with Crippen molar-refractivity contribution in [1.29, 1.82) is 0 Å². The van der Waals surface area contributed by atoms with Crippen molar-refractivity contribution in [3.63, 3.8) is 0 Å². The number of halogens is 1. The number of benzene rings is 2. The first-order valence-corrected chi connectivity index (χ1v) is 10.7. The van der Waals surface area contributed by atoms with Gasteiger partial charge in [-0.05, 0) is 23.3 Å². The van der Waals surface area contributed by atoms with Crippen molar-refractivity contribution in [2.45, 2.75) is 20.3 Å². The van der Waals surface area contributed by atoms with Gasteiger partial charge in [0.2, 0.25) is 5.50 Å². The van der Waals surface area contributed by atoms with E-state index >= 15 is 0 Å². The van der Waals surface area contributed by atoms with Crippen LogP contribution in [0.5, 0.6) is 0 Å². The summed E-state index contributed by atoms with van der Waals surface area (Å²) in [7, 11) is -3.53. The zero-order valence-corrected chi connectivity index (χ0v) is 16.7. The Morgan fingerprint density at radius 3 is 2.29 bits per heavy atom. The molecule has 0 saturated carbocycles. The monoisotopic (exact) mass is 400 g/mol. The second-order valence-electron chi connectivity index (χ2n) is 7.80. The maximum Gasteiger partial charge on any atom is 0.396 e. The van der Waals surface area contributed by atoms with Crippen molar-refractivity contribution in [1.82, 2.24) is 0 Å². The summed E-state index contributed by atoms with van der Waals surface area (Å²) in [5.74, 6) is 0.325. The molecule has 0 unspecified atom stereocenters. The first kappa shape index (κ1) is 19.1. The minimum absolute atomic E-state index is 0.188. The summed E-state index contributed by atoms with van der Waals surface area (Å²) in [6, 6.07) is 17.7. The van der Waals surface area contributed by atoms with Crippen molar-refractivity contribution >= 4 is 13.1 Å². The van der Waals surface area contributed by atoms with Crippen LogP contribution in [0, 0.1) is 11.2 Å². The molecule has 2 heterocycles. The predicted octanol–water partition coefficient (Wildman–Crippen LogP) is 5.57. The fourth-order valence-electron chi connectivity index (χ4n) is 3.06. The molecule has 1 saturated heterocycles. The van der Waals surface area contributed by atoms with Gasteiger partial charge < -0.3 is 13.5 Å². The molecule has 0 spiro atoms. The molecule has 4 nitrogen and oxygen atoms in total. The Kier molecular flexibility index (Phi) is 5.00. The van der Waals surface area contributed by atoms with E-state index in [-0.39, 0.29) is 16.7 Å². The smallest absolute Gasteiger partial charge is 0.396 e.